The highest BCUT2D eigenvalue weighted by molar-refractivity contribution is 6.07. The molecular formula is C16H26N6O6. The Morgan fingerprint density at radius 1 is 1.18 bits per heavy atom. The molecule has 2 unspecified atom stereocenters. The molecule has 0 aromatic heterocycles. The van der Waals surface area contributed by atoms with Crippen molar-refractivity contribution in [1.29, 1.82) is 0 Å². The number of ether oxygens (including phenoxy) is 1. The average molecular weight is 398 g/mol. The van der Waals surface area contributed by atoms with Crippen LogP contribution in [0.1, 0.15) is 19.8 Å². The van der Waals surface area contributed by atoms with Crippen molar-refractivity contribution < 1.29 is 29.0 Å². The Labute approximate surface area is 162 Å². The fourth-order valence-electron chi connectivity index (χ4n) is 3.29. The molecule has 2 aliphatic rings. The highest BCUT2D eigenvalue weighted by Gasteiger charge is 2.55. The van der Waals surface area contributed by atoms with Crippen LogP contribution in [0.2, 0.25) is 0 Å². The minimum absolute atomic E-state index is 0.0755. The molecule has 2 heterocycles. The number of hydrogen-bond acceptors (Lipinski definition) is 6. The van der Waals surface area contributed by atoms with Crippen LogP contribution in [-0.2, 0) is 14.3 Å². The summed E-state index contributed by atoms with van der Waals surface area (Å²) in [6.07, 6.45) is 0.240. The summed E-state index contributed by atoms with van der Waals surface area (Å²) in [4.78, 5) is 55.8. The first kappa shape index (κ1) is 21.3. The van der Waals surface area contributed by atoms with Crippen molar-refractivity contribution in [2.75, 3.05) is 39.3 Å². The second-order valence-electron chi connectivity index (χ2n) is 6.50. The maximum Gasteiger partial charge on any atom is 0.409 e. The Morgan fingerprint density at radius 3 is 2.32 bits per heavy atom. The molecule has 0 aliphatic carbocycles. The number of carbonyl (C=O) groups is 4. The molecule has 2 aliphatic heterocycles. The molecule has 0 radical (unpaired) electrons. The third-order valence-corrected chi connectivity index (χ3v) is 4.72. The van der Waals surface area contributed by atoms with E-state index in [1.54, 1.807) is 6.92 Å². The predicted molar refractivity (Wildman–Crippen MR) is 97.2 cm³/mol. The molecule has 0 aromatic carbocycles. The van der Waals surface area contributed by atoms with E-state index in [2.05, 4.69) is 4.99 Å². The summed E-state index contributed by atoms with van der Waals surface area (Å²) in [5.41, 5.74) is 10.4. The number of carboxylic acid groups (broad SMARTS) is 1. The lowest BCUT2D eigenvalue weighted by Crippen LogP contribution is -2.69. The largest absolute Gasteiger partial charge is 0.480 e. The van der Waals surface area contributed by atoms with Gasteiger partial charge < -0.3 is 31.1 Å². The maximum atomic E-state index is 12.7. The lowest BCUT2D eigenvalue weighted by atomic mass is 9.84. The molecule has 2 fully saturated rings. The van der Waals surface area contributed by atoms with Crippen molar-refractivity contribution in [2.24, 2.45) is 22.4 Å². The molecule has 28 heavy (non-hydrogen) atoms. The van der Waals surface area contributed by atoms with Gasteiger partial charge in [0.2, 0.25) is 5.91 Å². The van der Waals surface area contributed by atoms with Crippen molar-refractivity contribution >= 4 is 30.0 Å². The number of nitrogens with zero attached hydrogens (tertiary/aromatic N) is 4. The molecular weight excluding hydrogens is 372 g/mol. The number of rotatable bonds is 6. The van der Waals surface area contributed by atoms with Crippen LogP contribution in [-0.4, -0.2) is 95.1 Å². The third kappa shape index (κ3) is 4.61. The van der Waals surface area contributed by atoms with Gasteiger partial charge in [-0.25, -0.2) is 19.3 Å². The molecule has 2 saturated heterocycles. The first-order valence-electron chi connectivity index (χ1n) is 9.09. The average Bonchev–Trinajstić information content (AvgIpc) is 2.65. The molecule has 2 atom stereocenters. The van der Waals surface area contributed by atoms with Crippen molar-refractivity contribution in [3.05, 3.63) is 0 Å². The first-order chi connectivity index (χ1) is 13.3. The van der Waals surface area contributed by atoms with Crippen LogP contribution in [0.4, 0.5) is 9.59 Å². The van der Waals surface area contributed by atoms with E-state index < -0.39 is 36.0 Å². The second kappa shape index (κ2) is 9.24. The SMILES string of the molecule is CCOC(=O)N1CCN(C(=O)N2C(=O)C(CCCN=C(N)N)C2C(=O)O)CC1. The summed E-state index contributed by atoms with van der Waals surface area (Å²) in [7, 11) is 0. The van der Waals surface area contributed by atoms with E-state index in [9.17, 15) is 24.3 Å². The number of β-lactam (4-membered cyclic amide) rings is 1. The molecule has 0 aromatic rings. The molecule has 2 rings (SSSR count). The van der Waals surface area contributed by atoms with Crippen molar-refractivity contribution in [2.45, 2.75) is 25.8 Å². The summed E-state index contributed by atoms with van der Waals surface area (Å²) in [5.74, 6) is -2.61. The van der Waals surface area contributed by atoms with Crippen molar-refractivity contribution in [3.63, 3.8) is 0 Å². The van der Waals surface area contributed by atoms with Crippen LogP contribution in [0, 0.1) is 5.92 Å². The van der Waals surface area contributed by atoms with Gasteiger partial charge in [-0.3, -0.25) is 9.79 Å². The Hall–Kier alpha value is -3.05. The van der Waals surface area contributed by atoms with E-state index in [0.717, 1.165) is 4.90 Å². The number of likely N-dealkylation sites (tertiary alicyclic amines) is 1. The molecule has 12 heteroatoms. The normalized spacial score (nSPS) is 21.8. The van der Waals surface area contributed by atoms with E-state index in [1.165, 1.54) is 9.80 Å². The molecule has 0 spiro atoms. The quantitative estimate of drug-likeness (QED) is 0.218. The standard InChI is InChI=1S/C16H26N6O6/c1-2-28-16(27)21-8-6-20(7-9-21)15(26)22-11(13(24)25)10(12(22)23)4-3-5-19-14(17)18/h10-11H,2-9H2,1H3,(H,24,25)(H4,17,18,19). The molecule has 4 amide bonds. The summed E-state index contributed by atoms with van der Waals surface area (Å²) < 4.78 is 4.91. The van der Waals surface area contributed by atoms with E-state index in [1.807, 2.05) is 0 Å². The minimum Gasteiger partial charge on any atom is -0.480 e. The lowest BCUT2D eigenvalue weighted by molar-refractivity contribution is -0.167. The number of urea groups is 1. The number of nitrogens with two attached hydrogens (primary N) is 2. The minimum atomic E-state index is -1.23. The van der Waals surface area contributed by atoms with Crippen molar-refractivity contribution in [3.8, 4) is 0 Å². The predicted octanol–water partition coefficient (Wildman–Crippen LogP) is -1.15. The number of aliphatic carboxylic acids is 1. The molecule has 5 N–H and O–H groups in total. The number of carboxylic acids is 1. The van der Waals surface area contributed by atoms with E-state index in [0.29, 0.717) is 6.42 Å². The summed E-state index contributed by atoms with van der Waals surface area (Å²) >= 11 is 0. The zero-order chi connectivity index (χ0) is 20.8. The van der Waals surface area contributed by atoms with Gasteiger partial charge in [0.15, 0.2) is 12.0 Å². The van der Waals surface area contributed by atoms with Crippen LogP contribution < -0.4 is 11.5 Å². The van der Waals surface area contributed by atoms with Crippen LogP contribution in [0.5, 0.6) is 0 Å². The van der Waals surface area contributed by atoms with Gasteiger partial charge in [0.05, 0.1) is 12.5 Å². The number of carbonyl (C=O) groups excluding carboxylic acids is 3. The van der Waals surface area contributed by atoms with Gasteiger partial charge in [-0.2, -0.15) is 0 Å². The van der Waals surface area contributed by atoms with E-state index in [4.69, 9.17) is 16.2 Å². The van der Waals surface area contributed by atoms with Gasteiger partial charge in [-0.1, -0.05) is 0 Å². The second-order valence-corrected chi connectivity index (χ2v) is 6.50. The smallest absolute Gasteiger partial charge is 0.409 e. The molecule has 0 saturated carbocycles. The monoisotopic (exact) mass is 398 g/mol. The molecule has 0 bridgehead atoms. The molecule has 156 valence electrons. The topological polar surface area (TPSA) is 172 Å². The number of guanidine groups is 1. The molecule has 12 nitrogen and oxygen atoms in total. The van der Waals surface area contributed by atoms with Gasteiger partial charge in [0, 0.05) is 32.7 Å². The number of amides is 4. The lowest BCUT2D eigenvalue weighted by Gasteiger charge is -2.46. The highest BCUT2D eigenvalue weighted by Crippen LogP contribution is 2.32. The number of imide groups is 1. The van der Waals surface area contributed by atoms with Crippen LogP contribution in [0.3, 0.4) is 0 Å². The first-order valence-corrected chi connectivity index (χ1v) is 9.09. The van der Waals surface area contributed by atoms with Crippen LogP contribution in [0.25, 0.3) is 0 Å². The van der Waals surface area contributed by atoms with E-state index >= 15 is 0 Å². The fraction of sp³-hybridized carbons (Fsp3) is 0.688. The zero-order valence-corrected chi connectivity index (χ0v) is 15.7. The van der Waals surface area contributed by atoms with Gasteiger partial charge >= 0.3 is 18.1 Å². The number of aliphatic imine (C=N–C) groups is 1. The summed E-state index contributed by atoms with van der Waals surface area (Å²) in [6, 6.07) is -1.86. The Morgan fingerprint density at radius 2 is 1.79 bits per heavy atom. The Balaban J connectivity index is 1.92. The highest BCUT2D eigenvalue weighted by atomic mass is 16.6. The fourth-order valence-corrected chi connectivity index (χ4v) is 3.29. The van der Waals surface area contributed by atoms with Gasteiger partial charge in [-0.05, 0) is 19.8 Å². The van der Waals surface area contributed by atoms with Gasteiger partial charge in [0.1, 0.15) is 0 Å². The van der Waals surface area contributed by atoms with Gasteiger partial charge in [-0.15, -0.1) is 0 Å². The van der Waals surface area contributed by atoms with Gasteiger partial charge in [0.25, 0.3) is 0 Å². The zero-order valence-electron chi connectivity index (χ0n) is 15.7. The summed E-state index contributed by atoms with van der Waals surface area (Å²) in [5, 5.41) is 9.46. The third-order valence-electron chi connectivity index (χ3n) is 4.72. The van der Waals surface area contributed by atoms with Crippen LogP contribution >= 0.6 is 0 Å². The summed E-state index contributed by atoms with van der Waals surface area (Å²) in [6.45, 7) is 3.14. The van der Waals surface area contributed by atoms with Crippen LogP contribution in [0.15, 0.2) is 4.99 Å². The Kier molecular flexibility index (Phi) is 7.01. The van der Waals surface area contributed by atoms with Crippen molar-refractivity contribution in [1.82, 2.24) is 14.7 Å². The Bertz CT molecular complexity index is 656. The maximum absolute atomic E-state index is 12.7. The van der Waals surface area contributed by atoms with E-state index in [-0.39, 0.29) is 51.7 Å². The number of piperazine rings is 1. The number of hydrogen-bond donors (Lipinski definition) is 3.